The number of amides is 1. The van der Waals surface area contributed by atoms with Gasteiger partial charge in [0.15, 0.2) is 0 Å². The van der Waals surface area contributed by atoms with E-state index < -0.39 is 28.4 Å². The molecule has 0 aromatic heterocycles. The SMILES string of the molecule is CCOC1CC(N)(C(=O)NC(C)(CC)C(=O)O)C1(C)C. The summed E-state index contributed by atoms with van der Waals surface area (Å²) in [6, 6.07) is 0. The van der Waals surface area contributed by atoms with Crippen molar-refractivity contribution in [1.82, 2.24) is 5.32 Å². The molecule has 1 aliphatic carbocycles. The quantitative estimate of drug-likeness (QED) is 0.673. The number of hydrogen-bond donors (Lipinski definition) is 3. The molecule has 116 valence electrons. The van der Waals surface area contributed by atoms with E-state index in [9.17, 15) is 14.7 Å². The molecule has 1 rings (SSSR count). The molecule has 3 unspecified atom stereocenters. The Balaban J connectivity index is 2.86. The van der Waals surface area contributed by atoms with Crippen molar-refractivity contribution in [2.24, 2.45) is 11.1 Å². The van der Waals surface area contributed by atoms with E-state index in [1.807, 2.05) is 20.8 Å². The summed E-state index contributed by atoms with van der Waals surface area (Å²) in [6.07, 6.45) is 0.611. The summed E-state index contributed by atoms with van der Waals surface area (Å²) in [5.74, 6) is -1.49. The number of carbonyl (C=O) groups is 2. The van der Waals surface area contributed by atoms with Crippen LogP contribution in [0.4, 0.5) is 0 Å². The molecular weight excluding hydrogens is 260 g/mol. The van der Waals surface area contributed by atoms with E-state index in [0.717, 1.165) is 0 Å². The monoisotopic (exact) mass is 286 g/mol. The lowest BCUT2D eigenvalue weighted by atomic mass is 9.54. The lowest BCUT2D eigenvalue weighted by Gasteiger charge is -2.58. The lowest BCUT2D eigenvalue weighted by Crippen LogP contribution is -2.77. The van der Waals surface area contributed by atoms with Crippen molar-refractivity contribution in [3.63, 3.8) is 0 Å². The molecule has 0 saturated heterocycles. The third kappa shape index (κ3) is 2.42. The van der Waals surface area contributed by atoms with Gasteiger partial charge in [-0.25, -0.2) is 4.79 Å². The number of carboxylic acids is 1. The zero-order valence-electron chi connectivity index (χ0n) is 12.9. The van der Waals surface area contributed by atoms with E-state index in [4.69, 9.17) is 10.5 Å². The molecule has 0 heterocycles. The number of nitrogens with two attached hydrogens (primary N) is 1. The van der Waals surface area contributed by atoms with Crippen molar-refractivity contribution < 1.29 is 19.4 Å². The van der Waals surface area contributed by atoms with Crippen LogP contribution >= 0.6 is 0 Å². The van der Waals surface area contributed by atoms with Gasteiger partial charge in [0.2, 0.25) is 5.91 Å². The van der Waals surface area contributed by atoms with Gasteiger partial charge < -0.3 is 20.9 Å². The maximum atomic E-state index is 12.4. The van der Waals surface area contributed by atoms with Crippen LogP contribution in [-0.2, 0) is 14.3 Å². The molecule has 1 aliphatic rings. The van der Waals surface area contributed by atoms with E-state index in [2.05, 4.69) is 5.32 Å². The zero-order valence-corrected chi connectivity index (χ0v) is 12.9. The Morgan fingerprint density at radius 2 is 2.00 bits per heavy atom. The van der Waals surface area contributed by atoms with Crippen molar-refractivity contribution in [3.8, 4) is 0 Å². The maximum absolute atomic E-state index is 12.4. The molecule has 1 fully saturated rings. The normalized spacial score (nSPS) is 31.0. The highest BCUT2D eigenvalue weighted by Crippen LogP contribution is 2.50. The first kappa shape index (κ1) is 16.9. The zero-order chi connectivity index (χ0) is 15.8. The second kappa shape index (κ2) is 5.33. The Morgan fingerprint density at radius 1 is 1.45 bits per heavy atom. The Bertz CT molecular complexity index is 410. The van der Waals surface area contributed by atoms with Gasteiger partial charge in [-0.15, -0.1) is 0 Å². The van der Waals surface area contributed by atoms with E-state index in [1.165, 1.54) is 6.92 Å². The minimum absolute atomic E-state index is 0.0824. The number of rotatable bonds is 6. The number of carboxylic acid groups (broad SMARTS) is 1. The molecule has 6 heteroatoms. The molecule has 0 aromatic rings. The smallest absolute Gasteiger partial charge is 0.329 e. The van der Waals surface area contributed by atoms with Gasteiger partial charge in [0, 0.05) is 18.4 Å². The van der Waals surface area contributed by atoms with Crippen LogP contribution in [-0.4, -0.2) is 40.8 Å². The number of nitrogens with one attached hydrogen (secondary N) is 1. The van der Waals surface area contributed by atoms with Crippen LogP contribution in [0.3, 0.4) is 0 Å². The Labute approximate surface area is 120 Å². The highest BCUT2D eigenvalue weighted by atomic mass is 16.5. The predicted molar refractivity (Wildman–Crippen MR) is 75.2 cm³/mol. The molecule has 20 heavy (non-hydrogen) atoms. The Kier molecular flexibility index (Phi) is 4.51. The lowest BCUT2D eigenvalue weighted by molar-refractivity contribution is -0.173. The summed E-state index contributed by atoms with van der Waals surface area (Å²) >= 11 is 0. The summed E-state index contributed by atoms with van der Waals surface area (Å²) < 4.78 is 5.57. The highest BCUT2D eigenvalue weighted by Gasteiger charge is 2.63. The van der Waals surface area contributed by atoms with E-state index in [-0.39, 0.29) is 6.10 Å². The molecule has 0 aliphatic heterocycles. The summed E-state index contributed by atoms with van der Waals surface area (Å²) in [5, 5.41) is 11.8. The van der Waals surface area contributed by atoms with Gasteiger partial charge in [0.25, 0.3) is 0 Å². The van der Waals surface area contributed by atoms with E-state index in [1.54, 1.807) is 6.92 Å². The van der Waals surface area contributed by atoms with Crippen molar-refractivity contribution >= 4 is 11.9 Å². The van der Waals surface area contributed by atoms with Crippen molar-refractivity contribution in [1.29, 1.82) is 0 Å². The van der Waals surface area contributed by atoms with Gasteiger partial charge in [-0.2, -0.15) is 0 Å². The molecular formula is C14H26N2O4. The number of aliphatic carboxylic acids is 1. The van der Waals surface area contributed by atoms with Gasteiger partial charge in [-0.05, 0) is 20.3 Å². The van der Waals surface area contributed by atoms with Gasteiger partial charge >= 0.3 is 5.97 Å². The fraction of sp³-hybridized carbons (Fsp3) is 0.857. The van der Waals surface area contributed by atoms with Crippen molar-refractivity contribution in [2.45, 2.75) is 64.6 Å². The minimum atomic E-state index is -1.30. The molecule has 0 aromatic carbocycles. The molecule has 0 spiro atoms. The maximum Gasteiger partial charge on any atom is 0.329 e. The van der Waals surface area contributed by atoms with Crippen LogP contribution in [0, 0.1) is 5.41 Å². The van der Waals surface area contributed by atoms with Crippen LogP contribution in [0.15, 0.2) is 0 Å². The van der Waals surface area contributed by atoms with Gasteiger partial charge in [0.05, 0.1) is 6.10 Å². The van der Waals surface area contributed by atoms with Crippen LogP contribution in [0.25, 0.3) is 0 Å². The summed E-state index contributed by atoms with van der Waals surface area (Å²) in [4.78, 5) is 23.7. The van der Waals surface area contributed by atoms with Crippen LogP contribution in [0.2, 0.25) is 0 Å². The second-order valence-electron chi connectivity index (χ2n) is 6.29. The second-order valence-corrected chi connectivity index (χ2v) is 6.29. The van der Waals surface area contributed by atoms with E-state index in [0.29, 0.717) is 19.4 Å². The standard InChI is InChI=1S/C14H26N2O4/c1-6-13(5,11(18)19)16-10(17)14(15)8-9(20-7-2)12(14,3)4/h9H,6-8,15H2,1-5H3,(H,16,17)(H,18,19). The average molecular weight is 286 g/mol. The Hall–Kier alpha value is -1.14. The van der Waals surface area contributed by atoms with E-state index >= 15 is 0 Å². The number of ether oxygens (including phenoxy) is 1. The van der Waals surface area contributed by atoms with Crippen LogP contribution in [0.1, 0.15) is 47.5 Å². The molecule has 1 saturated carbocycles. The molecule has 3 atom stereocenters. The largest absolute Gasteiger partial charge is 0.480 e. The number of carbonyl (C=O) groups excluding carboxylic acids is 1. The molecule has 6 nitrogen and oxygen atoms in total. The third-order valence-corrected chi connectivity index (χ3v) is 4.80. The third-order valence-electron chi connectivity index (χ3n) is 4.80. The fourth-order valence-electron chi connectivity index (χ4n) is 2.48. The first-order valence-corrected chi connectivity index (χ1v) is 7.01. The first-order valence-electron chi connectivity index (χ1n) is 7.01. The van der Waals surface area contributed by atoms with Crippen molar-refractivity contribution in [3.05, 3.63) is 0 Å². The first-order chi connectivity index (χ1) is 9.05. The van der Waals surface area contributed by atoms with Gasteiger partial charge in [-0.3, -0.25) is 4.79 Å². The minimum Gasteiger partial charge on any atom is -0.480 e. The molecule has 0 radical (unpaired) electrons. The summed E-state index contributed by atoms with van der Waals surface area (Å²) in [6.45, 7) is 9.41. The summed E-state index contributed by atoms with van der Waals surface area (Å²) in [5.41, 5.74) is 3.30. The summed E-state index contributed by atoms with van der Waals surface area (Å²) in [7, 11) is 0. The van der Waals surface area contributed by atoms with Crippen molar-refractivity contribution in [2.75, 3.05) is 6.61 Å². The molecule has 0 bridgehead atoms. The van der Waals surface area contributed by atoms with Gasteiger partial charge in [-0.1, -0.05) is 20.8 Å². The topological polar surface area (TPSA) is 102 Å². The van der Waals surface area contributed by atoms with Gasteiger partial charge in [0.1, 0.15) is 11.1 Å². The molecule has 4 N–H and O–H groups in total. The Morgan fingerprint density at radius 3 is 2.35 bits per heavy atom. The molecule has 1 amide bonds. The predicted octanol–water partition coefficient (Wildman–Crippen LogP) is 0.888. The number of hydrogen-bond acceptors (Lipinski definition) is 4. The highest BCUT2D eigenvalue weighted by molar-refractivity contribution is 5.93. The van der Waals surface area contributed by atoms with Crippen LogP contribution in [0.5, 0.6) is 0 Å². The van der Waals surface area contributed by atoms with Crippen LogP contribution < -0.4 is 11.1 Å². The average Bonchev–Trinajstić information content (AvgIpc) is 2.37. The fourth-order valence-corrected chi connectivity index (χ4v) is 2.48.